The first-order valence-corrected chi connectivity index (χ1v) is 4.57. The summed E-state index contributed by atoms with van der Waals surface area (Å²) in [5, 5.41) is 18.2. The number of allylic oxidation sites excluding steroid dienone is 1. The third-order valence-corrected chi connectivity index (χ3v) is 3.21. The van der Waals surface area contributed by atoms with Gasteiger partial charge >= 0.3 is 0 Å². The second kappa shape index (κ2) is 2.60. The van der Waals surface area contributed by atoms with Crippen molar-refractivity contribution in [2.24, 2.45) is 5.41 Å². The van der Waals surface area contributed by atoms with Gasteiger partial charge in [-0.15, -0.1) is 0 Å². The smallest absolute Gasteiger partial charge is 0.0971 e. The Kier molecular flexibility index (Phi) is 1.69. The molecule has 0 bridgehead atoms. The van der Waals surface area contributed by atoms with Gasteiger partial charge in [0.2, 0.25) is 0 Å². The first kappa shape index (κ1) is 7.82. The maximum atomic E-state index is 9.43. The average molecular weight is 163 g/mol. The third-order valence-electron chi connectivity index (χ3n) is 3.21. The highest BCUT2D eigenvalue weighted by Gasteiger charge is 2.38. The molecule has 0 aliphatic heterocycles. The summed E-state index contributed by atoms with van der Waals surface area (Å²) in [7, 11) is 0. The van der Waals surface area contributed by atoms with Gasteiger partial charge in [-0.05, 0) is 31.1 Å². The molecular formula is C10H13NO. The molecule has 0 heterocycles. The predicted molar refractivity (Wildman–Crippen MR) is 45.2 cm³/mol. The molecule has 0 radical (unpaired) electrons. The zero-order chi connectivity index (χ0) is 8.60. The van der Waals surface area contributed by atoms with Gasteiger partial charge in [0, 0.05) is 0 Å². The average Bonchev–Trinajstić information content (AvgIpc) is 2.03. The maximum Gasteiger partial charge on any atom is 0.0971 e. The van der Waals surface area contributed by atoms with E-state index in [2.05, 4.69) is 6.07 Å². The zero-order valence-electron chi connectivity index (χ0n) is 7.08. The van der Waals surface area contributed by atoms with Crippen molar-refractivity contribution in [2.75, 3.05) is 0 Å². The normalized spacial score (nSPS) is 32.0. The molecule has 1 unspecified atom stereocenters. The first-order valence-electron chi connectivity index (χ1n) is 4.57. The SMILES string of the molecule is N#CC1=CC2(CCC2)CCC1O. The van der Waals surface area contributed by atoms with Crippen molar-refractivity contribution >= 4 is 0 Å². The van der Waals surface area contributed by atoms with E-state index in [-0.39, 0.29) is 0 Å². The molecule has 0 amide bonds. The van der Waals surface area contributed by atoms with Crippen LogP contribution in [0.3, 0.4) is 0 Å². The molecule has 2 aliphatic carbocycles. The molecule has 1 spiro atoms. The van der Waals surface area contributed by atoms with E-state index < -0.39 is 6.10 Å². The van der Waals surface area contributed by atoms with Crippen LogP contribution in [0.15, 0.2) is 11.6 Å². The molecule has 64 valence electrons. The van der Waals surface area contributed by atoms with Crippen LogP contribution >= 0.6 is 0 Å². The minimum atomic E-state index is -0.485. The van der Waals surface area contributed by atoms with Crippen molar-refractivity contribution in [3.63, 3.8) is 0 Å². The number of aliphatic hydroxyl groups is 1. The first-order chi connectivity index (χ1) is 5.76. The second-order valence-electron chi connectivity index (χ2n) is 3.98. The number of nitrogens with zero attached hydrogens (tertiary/aromatic N) is 1. The van der Waals surface area contributed by atoms with Crippen molar-refractivity contribution in [3.8, 4) is 6.07 Å². The number of hydrogen-bond donors (Lipinski definition) is 1. The van der Waals surface area contributed by atoms with Crippen LogP contribution in [0.25, 0.3) is 0 Å². The Morgan fingerprint density at radius 3 is 2.75 bits per heavy atom. The highest BCUT2D eigenvalue weighted by molar-refractivity contribution is 5.31. The van der Waals surface area contributed by atoms with Crippen molar-refractivity contribution in [1.82, 2.24) is 0 Å². The number of aliphatic hydroxyl groups excluding tert-OH is 1. The van der Waals surface area contributed by atoms with E-state index in [1.165, 1.54) is 19.3 Å². The van der Waals surface area contributed by atoms with Crippen molar-refractivity contribution < 1.29 is 5.11 Å². The second-order valence-corrected chi connectivity index (χ2v) is 3.98. The molecule has 2 rings (SSSR count). The Morgan fingerprint density at radius 1 is 1.50 bits per heavy atom. The summed E-state index contributed by atoms with van der Waals surface area (Å²) in [6.07, 6.45) is 7.09. The summed E-state index contributed by atoms with van der Waals surface area (Å²) in [5.41, 5.74) is 0.908. The summed E-state index contributed by atoms with van der Waals surface area (Å²) in [5.74, 6) is 0. The quantitative estimate of drug-likeness (QED) is 0.591. The molecule has 2 heteroatoms. The van der Waals surface area contributed by atoms with Gasteiger partial charge in [0.1, 0.15) is 0 Å². The highest BCUT2D eigenvalue weighted by Crippen LogP contribution is 2.49. The van der Waals surface area contributed by atoms with Gasteiger partial charge in [-0.25, -0.2) is 0 Å². The highest BCUT2D eigenvalue weighted by atomic mass is 16.3. The zero-order valence-corrected chi connectivity index (χ0v) is 7.08. The maximum absolute atomic E-state index is 9.43. The van der Waals surface area contributed by atoms with Gasteiger partial charge in [0.25, 0.3) is 0 Å². The van der Waals surface area contributed by atoms with Crippen LogP contribution in [0.5, 0.6) is 0 Å². The van der Waals surface area contributed by atoms with Crippen LogP contribution in [0.1, 0.15) is 32.1 Å². The number of nitriles is 1. The predicted octanol–water partition coefficient (Wildman–Crippen LogP) is 1.76. The molecule has 2 nitrogen and oxygen atoms in total. The molecule has 1 saturated carbocycles. The van der Waals surface area contributed by atoms with Gasteiger partial charge in [0.15, 0.2) is 0 Å². The van der Waals surface area contributed by atoms with Crippen molar-refractivity contribution in [3.05, 3.63) is 11.6 Å². The Hall–Kier alpha value is -0.810. The Bertz CT molecular complexity index is 258. The van der Waals surface area contributed by atoms with Crippen LogP contribution in [0.4, 0.5) is 0 Å². The summed E-state index contributed by atoms with van der Waals surface area (Å²) < 4.78 is 0. The molecule has 1 atom stereocenters. The summed E-state index contributed by atoms with van der Waals surface area (Å²) in [6, 6.07) is 2.09. The van der Waals surface area contributed by atoms with E-state index >= 15 is 0 Å². The number of hydrogen-bond acceptors (Lipinski definition) is 2. The van der Waals surface area contributed by atoms with E-state index in [4.69, 9.17) is 5.26 Å². The van der Waals surface area contributed by atoms with Gasteiger partial charge in [-0.2, -0.15) is 5.26 Å². The molecule has 0 saturated heterocycles. The van der Waals surface area contributed by atoms with Crippen LogP contribution < -0.4 is 0 Å². The van der Waals surface area contributed by atoms with E-state index in [1.807, 2.05) is 6.08 Å². The van der Waals surface area contributed by atoms with E-state index in [0.29, 0.717) is 11.0 Å². The molecule has 12 heavy (non-hydrogen) atoms. The van der Waals surface area contributed by atoms with Crippen LogP contribution in [-0.2, 0) is 0 Å². The molecule has 0 aromatic rings. The van der Waals surface area contributed by atoms with Crippen LogP contribution in [-0.4, -0.2) is 11.2 Å². The van der Waals surface area contributed by atoms with Gasteiger partial charge in [-0.3, -0.25) is 0 Å². The Morgan fingerprint density at radius 2 is 2.25 bits per heavy atom. The minimum Gasteiger partial charge on any atom is -0.388 e. The summed E-state index contributed by atoms with van der Waals surface area (Å²) in [4.78, 5) is 0. The Labute approximate surface area is 72.5 Å². The lowest BCUT2D eigenvalue weighted by Crippen LogP contribution is -2.33. The molecular weight excluding hydrogens is 150 g/mol. The van der Waals surface area contributed by atoms with Crippen LogP contribution in [0.2, 0.25) is 0 Å². The van der Waals surface area contributed by atoms with E-state index in [1.54, 1.807) is 0 Å². The van der Waals surface area contributed by atoms with E-state index in [9.17, 15) is 5.11 Å². The third kappa shape index (κ3) is 1.05. The monoisotopic (exact) mass is 163 g/mol. The summed E-state index contributed by atoms with van der Waals surface area (Å²) >= 11 is 0. The molecule has 2 aliphatic rings. The van der Waals surface area contributed by atoms with Crippen molar-refractivity contribution in [1.29, 1.82) is 5.26 Å². The topological polar surface area (TPSA) is 44.0 Å². The standard InChI is InChI=1S/C10H13NO/c11-7-8-6-10(3-1-4-10)5-2-9(8)12/h6,9,12H,1-5H2. The largest absolute Gasteiger partial charge is 0.388 e. The fourth-order valence-electron chi connectivity index (χ4n) is 2.21. The van der Waals surface area contributed by atoms with Gasteiger partial charge in [-0.1, -0.05) is 12.5 Å². The van der Waals surface area contributed by atoms with Crippen molar-refractivity contribution in [2.45, 2.75) is 38.2 Å². The number of rotatable bonds is 0. The lowest BCUT2D eigenvalue weighted by molar-refractivity contribution is 0.114. The lowest BCUT2D eigenvalue weighted by atomic mass is 9.62. The lowest BCUT2D eigenvalue weighted by Gasteiger charge is -2.43. The summed E-state index contributed by atoms with van der Waals surface area (Å²) in [6.45, 7) is 0. The Balaban J connectivity index is 2.23. The van der Waals surface area contributed by atoms with Gasteiger partial charge < -0.3 is 5.11 Å². The minimum absolute atomic E-state index is 0.310. The van der Waals surface area contributed by atoms with Gasteiger partial charge in [0.05, 0.1) is 17.7 Å². The molecule has 1 fully saturated rings. The molecule has 0 aromatic carbocycles. The van der Waals surface area contributed by atoms with Crippen LogP contribution in [0, 0.1) is 16.7 Å². The fraction of sp³-hybridized carbons (Fsp3) is 0.700. The fourth-order valence-corrected chi connectivity index (χ4v) is 2.21. The van der Waals surface area contributed by atoms with E-state index in [0.717, 1.165) is 12.8 Å². The molecule has 1 N–H and O–H groups in total. The molecule has 0 aromatic heterocycles.